The molecule has 112 valence electrons. The number of ether oxygens (including phenoxy) is 2. The zero-order valence-electron chi connectivity index (χ0n) is 12.4. The van der Waals surface area contributed by atoms with E-state index >= 15 is 0 Å². The Hall–Kier alpha value is -2.88. The summed E-state index contributed by atoms with van der Waals surface area (Å²) < 4.78 is 9.12. The highest BCUT2D eigenvalue weighted by atomic mass is 16.5. The summed E-state index contributed by atoms with van der Waals surface area (Å²) in [6.45, 7) is 0. The van der Waals surface area contributed by atoms with E-state index in [1.165, 1.54) is 26.4 Å². The molecule has 0 saturated heterocycles. The van der Waals surface area contributed by atoms with Crippen molar-refractivity contribution in [1.82, 2.24) is 0 Å². The Balaban J connectivity index is 2.25. The second-order valence-electron chi connectivity index (χ2n) is 4.58. The normalized spacial score (nSPS) is 11.2. The molecule has 2 aromatic rings. The minimum Gasteiger partial charge on any atom is -0.466 e. The molecule has 0 aromatic heterocycles. The predicted molar refractivity (Wildman–Crippen MR) is 86.0 cm³/mol. The SMILES string of the molecule is COC(=O)/C=C/c1ccc2cc(/C=C/C(=O)OC)ccc2c1. The molecule has 2 rings (SSSR count). The van der Waals surface area contributed by atoms with Crippen molar-refractivity contribution >= 4 is 34.9 Å². The highest BCUT2D eigenvalue weighted by molar-refractivity contribution is 5.91. The van der Waals surface area contributed by atoms with Gasteiger partial charge in [0.25, 0.3) is 0 Å². The minimum atomic E-state index is -0.386. The zero-order chi connectivity index (χ0) is 15.9. The van der Waals surface area contributed by atoms with Crippen LogP contribution in [-0.4, -0.2) is 26.2 Å². The Morgan fingerprint density at radius 2 is 1.18 bits per heavy atom. The van der Waals surface area contributed by atoms with Crippen molar-refractivity contribution in [2.75, 3.05) is 14.2 Å². The molecule has 4 nitrogen and oxygen atoms in total. The molecule has 0 saturated carbocycles. The molecule has 0 fully saturated rings. The Morgan fingerprint density at radius 1 is 0.773 bits per heavy atom. The van der Waals surface area contributed by atoms with E-state index in [0.29, 0.717) is 0 Å². The summed E-state index contributed by atoms with van der Waals surface area (Å²) in [5.74, 6) is -0.771. The second kappa shape index (κ2) is 7.22. The van der Waals surface area contributed by atoms with E-state index in [1.807, 2.05) is 36.4 Å². The average Bonchev–Trinajstić information content (AvgIpc) is 2.57. The van der Waals surface area contributed by atoms with E-state index in [-0.39, 0.29) is 11.9 Å². The molecule has 0 N–H and O–H groups in total. The zero-order valence-corrected chi connectivity index (χ0v) is 12.4. The summed E-state index contributed by atoms with van der Waals surface area (Å²) in [6, 6.07) is 11.7. The van der Waals surface area contributed by atoms with Crippen LogP contribution < -0.4 is 0 Å². The van der Waals surface area contributed by atoms with Gasteiger partial charge in [0, 0.05) is 12.2 Å². The number of carbonyl (C=O) groups excluding carboxylic acids is 2. The van der Waals surface area contributed by atoms with Crippen molar-refractivity contribution < 1.29 is 19.1 Å². The molecule has 2 aromatic carbocycles. The summed E-state index contributed by atoms with van der Waals surface area (Å²) in [5, 5.41) is 2.09. The molecule has 0 atom stereocenters. The van der Waals surface area contributed by atoms with Gasteiger partial charge in [0.15, 0.2) is 0 Å². The van der Waals surface area contributed by atoms with E-state index < -0.39 is 0 Å². The molecular weight excluding hydrogens is 280 g/mol. The Bertz CT molecular complexity index is 692. The van der Waals surface area contributed by atoms with E-state index in [0.717, 1.165) is 21.9 Å². The summed E-state index contributed by atoms with van der Waals surface area (Å²) in [4.78, 5) is 22.2. The molecule has 0 amide bonds. The van der Waals surface area contributed by atoms with Gasteiger partial charge in [-0.3, -0.25) is 0 Å². The number of benzene rings is 2. The molecule has 0 unspecified atom stereocenters. The van der Waals surface area contributed by atoms with Crippen LogP contribution in [0.15, 0.2) is 48.6 Å². The smallest absolute Gasteiger partial charge is 0.330 e. The average molecular weight is 296 g/mol. The van der Waals surface area contributed by atoms with Crippen molar-refractivity contribution in [1.29, 1.82) is 0 Å². The highest BCUT2D eigenvalue weighted by Crippen LogP contribution is 2.19. The Kier molecular flexibility index (Phi) is 5.09. The van der Waals surface area contributed by atoms with Gasteiger partial charge in [0.05, 0.1) is 14.2 Å². The quantitative estimate of drug-likeness (QED) is 0.642. The monoisotopic (exact) mass is 296 g/mol. The fourth-order valence-electron chi connectivity index (χ4n) is 1.95. The number of fused-ring (bicyclic) bond motifs is 1. The maximum Gasteiger partial charge on any atom is 0.330 e. The first-order valence-corrected chi connectivity index (χ1v) is 6.68. The fourth-order valence-corrected chi connectivity index (χ4v) is 1.95. The lowest BCUT2D eigenvalue weighted by Gasteiger charge is -2.02. The number of esters is 2. The highest BCUT2D eigenvalue weighted by Gasteiger charge is 1.98. The van der Waals surface area contributed by atoms with E-state index in [4.69, 9.17) is 0 Å². The van der Waals surface area contributed by atoms with Crippen molar-refractivity contribution in [2.24, 2.45) is 0 Å². The van der Waals surface area contributed by atoms with Crippen LogP contribution in [0.3, 0.4) is 0 Å². The van der Waals surface area contributed by atoms with Gasteiger partial charge in [-0.2, -0.15) is 0 Å². The van der Waals surface area contributed by atoms with Gasteiger partial charge in [-0.15, -0.1) is 0 Å². The first kappa shape index (κ1) is 15.5. The molecule has 0 spiro atoms. The van der Waals surface area contributed by atoms with Gasteiger partial charge >= 0.3 is 11.9 Å². The summed E-state index contributed by atoms with van der Waals surface area (Å²) >= 11 is 0. The van der Waals surface area contributed by atoms with Crippen LogP contribution in [0.2, 0.25) is 0 Å². The van der Waals surface area contributed by atoms with Crippen molar-refractivity contribution in [3.63, 3.8) is 0 Å². The third kappa shape index (κ3) is 4.06. The van der Waals surface area contributed by atoms with Gasteiger partial charge in [0.1, 0.15) is 0 Å². The van der Waals surface area contributed by atoms with Crippen LogP contribution in [0, 0.1) is 0 Å². The lowest BCUT2D eigenvalue weighted by molar-refractivity contribution is -0.135. The van der Waals surface area contributed by atoms with Crippen LogP contribution in [0.25, 0.3) is 22.9 Å². The summed E-state index contributed by atoms with van der Waals surface area (Å²) in [7, 11) is 2.69. The van der Waals surface area contributed by atoms with Crippen LogP contribution in [0.4, 0.5) is 0 Å². The molecule has 0 bridgehead atoms. The molecule has 22 heavy (non-hydrogen) atoms. The molecule has 0 aliphatic rings. The third-order valence-corrected chi connectivity index (χ3v) is 3.11. The van der Waals surface area contributed by atoms with Gasteiger partial charge in [-0.1, -0.05) is 24.3 Å². The van der Waals surface area contributed by atoms with Gasteiger partial charge in [-0.05, 0) is 46.2 Å². The molecule has 0 aliphatic heterocycles. The Labute approximate surface area is 128 Å². The van der Waals surface area contributed by atoms with Gasteiger partial charge in [0.2, 0.25) is 0 Å². The molecule has 0 heterocycles. The first-order chi connectivity index (χ1) is 10.6. The number of hydrogen-bond donors (Lipinski definition) is 0. The van der Waals surface area contributed by atoms with Crippen LogP contribution in [-0.2, 0) is 19.1 Å². The topological polar surface area (TPSA) is 52.6 Å². The summed E-state index contributed by atoms with van der Waals surface area (Å²) in [6.07, 6.45) is 6.18. The van der Waals surface area contributed by atoms with Crippen molar-refractivity contribution in [3.8, 4) is 0 Å². The largest absolute Gasteiger partial charge is 0.466 e. The van der Waals surface area contributed by atoms with E-state index in [2.05, 4.69) is 9.47 Å². The number of rotatable bonds is 4. The van der Waals surface area contributed by atoms with E-state index in [1.54, 1.807) is 12.2 Å². The fraction of sp³-hybridized carbons (Fsp3) is 0.111. The van der Waals surface area contributed by atoms with Crippen LogP contribution >= 0.6 is 0 Å². The minimum absolute atomic E-state index is 0.386. The number of carbonyl (C=O) groups is 2. The van der Waals surface area contributed by atoms with Gasteiger partial charge < -0.3 is 9.47 Å². The lowest BCUT2D eigenvalue weighted by atomic mass is 10.0. The lowest BCUT2D eigenvalue weighted by Crippen LogP contribution is -1.93. The molecule has 0 aliphatic carbocycles. The predicted octanol–water partition coefficient (Wildman–Crippen LogP) is 3.21. The maximum absolute atomic E-state index is 11.1. The standard InChI is InChI=1S/C18H16O4/c1-21-17(19)9-5-13-3-7-16-12-14(4-8-15(16)11-13)6-10-18(20)22-2/h3-12H,1-2H3/b9-5+,10-6+. The van der Waals surface area contributed by atoms with Crippen molar-refractivity contribution in [3.05, 3.63) is 59.7 Å². The molecule has 4 heteroatoms. The van der Waals surface area contributed by atoms with Crippen LogP contribution in [0.1, 0.15) is 11.1 Å². The van der Waals surface area contributed by atoms with Gasteiger partial charge in [-0.25, -0.2) is 9.59 Å². The maximum atomic E-state index is 11.1. The van der Waals surface area contributed by atoms with Crippen LogP contribution in [0.5, 0.6) is 0 Å². The molecule has 0 radical (unpaired) electrons. The third-order valence-electron chi connectivity index (χ3n) is 3.11. The molecular formula is C18H16O4. The van der Waals surface area contributed by atoms with E-state index in [9.17, 15) is 9.59 Å². The van der Waals surface area contributed by atoms with Crippen molar-refractivity contribution in [2.45, 2.75) is 0 Å². The first-order valence-electron chi connectivity index (χ1n) is 6.68. The summed E-state index contributed by atoms with van der Waals surface area (Å²) in [5.41, 5.74) is 1.83. The number of hydrogen-bond acceptors (Lipinski definition) is 4. The Morgan fingerprint density at radius 3 is 1.55 bits per heavy atom. The second-order valence-corrected chi connectivity index (χ2v) is 4.58. The number of methoxy groups -OCH3 is 2.